The molecule has 1 aromatic carbocycles. The van der Waals surface area contributed by atoms with Crippen LogP contribution in [0.15, 0.2) is 24.3 Å². The molecule has 3 aliphatic rings. The Kier molecular flexibility index (Phi) is 4.28. The molecule has 4 nitrogen and oxygen atoms in total. The van der Waals surface area contributed by atoms with E-state index >= 15 is 0 Å². The summed E-state index contributed by atoms with van der Waals surface area (Å²) in [6, 6.07) is 6.34. The van der Waals surface area contributed by atoms with Crippen molar-refractivity contribution in [1.82, 2.24) is 9.80 Å². The van der Waals surface area contributed by atoms with Gasteiger partial charge in [0.05, 0.1) is 10.8 Å². The van der Waals surface area contributed by atoms with Crippen molar-refractivity contribution in [1.29, 1.82) is 0 Å². The minimum atomic E-state index is -0.486. The lowest BCUT2D eigenvalue weighted by Crippen LogP contribution is -2.51. The van der Waals surface area contributed by atoms with Gasteiger partial charge in [-0.2, -0.15) is 0 Å². The van der Waals surface area contributed by atoms with Crippen molar-refractivity contribution in [3.05, 3.63) is 35.6 Å². The van der Waals surface area contributed by atoms with Crippen molar-refractivity contribution in [3.8, 4) is 0 Å². The number of amides is 2. The second-order valence-electron chi connectivity index (χ2n) is 8.24. The van der Waals surface area contributed by atoms with Gasteiger partial charge in [-0.3, -0.25) is 9.59 Å². The molecule has 1 aromatic rings. The Labute approximate surface area is 154 Å². The summed E-state index contributed by atoms with van der Waals surface area (Å²) in [4.78, 5) is 30.2. The number of piperidine rings is 1. The van der Waals surface area contributed by atoms with Crippen LogP contribution in [0.25, 0.3) is 0 Å². The first kappa shape index (κ1) is 17.5. The van der Waals surface area contributed by atoms with Crippen LogP contribution in [0.1, 0.15) is 51.0 Å². The highest BCUT2D eigenvalue weighted by Gasteiger charge is 2.57. The number of carbonyl (C=O) groups is 2. The van der Waals surface area contributed by atoms with Crippen LogP contribution in [0.3, 0.4) is 0 Å². The summed E-state index contributed by atoms with van der Waals surface area (Å²) in [6.45, 7) is 4.97. The van der Waals surface area contributed by atoms with Crippen molar-refractivity contribution in [3.63, 3.8) is 0 Å². The molecule has 26 heavy (non-hydrogen) atoms. The molecular weight excluding hydrogens is 331 g/mol. The summed E-state index contributed by atoms with van der Waals surface area (Å²) in [7, 11) is 0. The van der Waals surface area contributed by atoms with Crippen molar-refractivity contribution in [2.75, 3.05) is 26.2 Å². The highest BCUT2D eigenvalue weighted by molar-refractivity contribution is 5.93. The van der Waals surface area contributed by atoms with Crippen LogP contribution in [0.4, 0.5) is 4.39 Å². The Bertz CT molecular complexity index is 711. The van der Waals surface area contributed by atoms with Crippen LogP contribution >= 0.6 is 0 Å². The molecule has 5 heteroatoms. The highest BCUT2D eigenvalue weighted by Crippen LogP contribution is 2.51. The van der Waals surface area contributed by atoms with Crippen LogP contribution in [-0.4, -0.2) is 47.8 Å². The molecule has 2 heterocycles. The monoisotopic (exact) mass is 358 g/mol. The lowest BCUT2D eigenvalue weighted by Gasteiger charge is -2.39. The zero-order valence-corrected chi connectivity index (χ0v) is 15.5. The molecule has 1 aliphatic carbocycles. The molecule has 2 aliphatic heterocycles. The van der Waals surface area contributed by atoms with Gasteiger partial charge in [0.1, 0.15) is 5.82 Å². The Morgan fingerprint density at radius 2 is 1.85 bits per heavy atom. The second-order valence-corrected chi connectivity index (χ2v) is 8.24. The van der Waals surface area contributed by atoms with Gasteiger partial charge < -0.3 is 9.80 Å². The van der Waals surface area contributed by atoms with Gasteiger partial charge in [-0.1, -0.05) is 19.1 Å². The van der Waals surface area contributed by atoms with Crippen LogP contribution in [-0.2, 0) is 15.0 Å². The number of rotatable bonds is 4. The quantitative estimate of drug-likeness (QED) is 0.830. The van der Waals surface area contributed by atoms with Gasteiger partial charge in [0.2, 0.25) is 11.8 Å². The lowest BCUT2D eigenvalue weighted by molar-refractivity contribution is -0.146. The normalized spacial score (nSPS) is 27.2. The van der Waals surface area contributed by atoms with E-state index in [0.717, 1.165) is 57.2 Å². The number of carbonyl (C=O) groups excluding carboxylic acids is 2. The molecule has 0 aromatic heterocycles. The van der Waals surface area contributed by atoms with Crippen LogP contribution in [0, 0.1) is 11.2 Å². The SMILES string of the molecule is CCCN1CCCC2(CCN(C(=O)C3(c4ccc(F)cc4)CC3)C2)C1=O. The van der Waals surface area contributed by atoms with E-state index in [1.807, 2.05) is 9.80 Å². The molecule has 2 saturated heterocycles. The largest absolute Gasteiger partial charge is 0.342 e. The molecule has 1 saturated carbocycles. The maximum Gasteiger partial charge on any atom is 0.233 e. The Hall–Kier alpha value is -1.91. The van der Waals surface area contributed by atoms with Gasteiger partial charge in [0, 0.05) is 26.2 Å². The van der Waals surface area contributed by atoms with E-state index in [1.165, 1.54) is 12.1 Å². The summed E-state index contributed by atoms with van der Waals surface area (Å²) in [5.41, 5.74) is 0.0505. The fourth-order valence-electron chi connectivity index (χ4n) is 4.88. The summed E-state index contributed by atoms with van der Waals surface area (Å²) in [5, 5.41) is 0. The molecule has 0 radical (unpaired) electrons. The summed E-state index contributed by atoms with van der Waals surface area (Å²) in [6.07, 6.45) is 5.29. The molecule has 0 bridgehead atoms. The fraction of sp³-hybridized carbons (Fsp3) is 0.619. The number of hydrogen-bond acceptors (Lipinski definition) is 2. The van der Waals surface area contributed by atoms with Gasteiger partial charge in [0.15, 0.2) is 0 Å². The van der Waals surface area contributed by atoms with E-state index in [-0.39, 0.29) is 23.0 Å². The second kappa shape index (κ2) is 6.36. The Balaban J connectivity index is 1.51. The van der Waals surface area contributed by atoms with Crippen LogP contribution < -0.4 is 0 Å². The Morgan fingerprint density at radius 3 is 2.50 bits per heavy atom. The molecule has 4 rings (SSSR count). The Morgan fingerprint density at radius 1 is 1.12 bits per heavy atom. The minimum Gasteiger partial charge on any atom is -0.342 e. The molecule has 0 N–H and O–H groups in total. The van der Waals surface area contributed by atoms with Crippen molar-refractivity contribution in [2.45, 2.75) is 50.9 Å². The van der Waals surface area contributed by atoms with Gasteiger partial charge >= 0.3 is 0 Å². The van der Waals surface area contributed by atoms with Gasteiger partial charge in [-0.05, 0) is 56.2 Å². The van der Waals surface area contributed by atoms with Crippen molar-refractivity contribution < 1.29 is 14.0 Å². The first-order valence-electron chi connectivity index (χ1n) is 9.86. The lowest BCUT2D eigenvalue weighted by atomic mass is 9.78. The number of benzene rings is 1. The molecule has 2 amide bonds. The first-order chi connectivity index (χ1) is 12.5. The number of likely N-dealkylation sites (tertiary alicyclic amines) is 2. The maximum absolute atomic E-state index is 13.3. The van der Waals surface area contributed by atoms with Crippen LogP contribution in [0.5, 0.6) is 0 Å². The minimum absolute atomic E-state index is 0.126. The molecule has 140 valence electrons. The topological polar surface area (TPSA) is 40.6 Å². The first-order valence-corrected chi connectivity index (χ1v) is 9.86. The van der Waals surface area contributed by atoms with E-state index in [2.05, 4.69) is 6.92 Å². The summed E-state index contributed by atoms with van der Waals surface area (Å²) in [5.74, 6) is 0.0925. The molecular formula is C21H27FN2O2. The zero-order chi connectivity index (χ0) is 18.4. The predicted octanol–water partition coefficient (Wildman–Crippen LogP) is 3.11. The smallest absolute Gasteiger partial charge is 0.233 e. The predicted molar refractivity (Wildman–Crippen MR) is 97.0 cm³/mol. The van der Waals surface area contributed by atoms with Gasteiger partial charge in [-0.25, -0.2) is 4.39 Å². The average Bonchev–Trinajstić information content (AvgIpc) is 3.34. The van der Waals surface area contributed by atoms with E-state index in [1.54, 1.807) is 12.1 Å². The zero-order valence-electron chi connectivity index (χ0n) is 15.5. The number of halogens is 1. The molecule has 1 spiro atoms. The van der Waals surface area contributed by atoms with Crippen LogP contribution in [0.2, 0.25) is 0 Å². The summed E-state index contributed by atoms with van der Waals surface area (Å²) >= 11 is 0. The van der Waals surface area contributed by atoms with E-state index < -0.39 is 5.41 Å². The third-order valence-corrected chi connectivity index (χ3v) is 6.51. The third-order valence-electron chi connectivity index (χ3n) is 6.51. The molecule has 3 fully saturated rings. The highest BCUT2D eigenvalue weighted by atomic mass is 19.1. The van der Waals surface area contributed by atoms with E-state index in [0.29, 0.717) is 13.1 Å². The van der Waals surface area contributed by atoms with E-state index in [4.69, 9.17) is 0 Å². The van der Waals surface area contributed by atoms with E-state index in [9.17, 15) is 14.0 Å². The van der Waals surface area contributed by atoms with Crippen molar-refractivity contribution in [2.24, 2.45) is 5.41 Å². The third kappa shape index (κ3) is 2.72. The standard InChI is InChI=1S/C21H27FN2O2/c1-2-12-23-13-3-8-20(18(23)25)11-14-24(15-20)19(26)21(9-10-21)16-4-6-17(22)7-5-16/h4-7H,2-3,8-15H2,1H3. The summed E-state index contributed by atoms with van der Waals surface area (Å²) < 4.78 is 13.2. The van der Waals surface area contributed by atoms with Gasteiger partial charge in [-0.15, -0.1) is 0 Å². The fourth-order valence-corrected chi connectivity index (χ4v) is 4.88. The number of hydrogen-bond donors (Lipinski definition) is 0. The molecule has 1 unspecified atom stereocenters. The maximum atomic E-state index is 13.3. The average molecular weight is 358 g/mol. The van der Waals surface area contributed by atoms with Crippen molar-refractivity contribution >= 4 is 11.8 Å². The molecule has 1 atom stereocenters. The van der Waals surface area contributed by atoms with Gasteiger partial charge in [0.25, 0.3) is 0 Å². The number of nitrogens with zero attached hydrogens (tertiary/aromatic N) is 2.